The molecule has 1 saturated heterocycles. The van der Waals surface area contributed by atoms with E-state index in [1.165, 1.54) is 12.8 Å². The molecule has 3 nitrogen and oxygen atoms in total. The number of halogens is 3. The van der Waals surface area contributed by atoms with Gasteiger partial charge < -0.3 is 10.1 Å². The number of ether oxygens (including phenoxy) is 1. The molecule has 2 unspecified atom stereocenters. The molecule has 0 amide bonds. The van der Waals surface area contributed by atoms with Crippen molar-refractivity contribution in [3.8, 4) is 0 Å². The number of hydrogen-bond donors (Lipinski definition) is 1. The molecule has 2 aliphatic rings. The lowest BCUT2D eigenvalue weighted by molar-refractivity contribution is -0.175. The van der Waals surface area contributed by atoms with E-state index in [0.717, 1.165) is 13.1 Å². The molecule has 0 aromatic carbocycles. The molecule has 1 aliphatic heterocycles. The second-order valence-corrected chi connectivity index (χ2v) is 6.98. The van der Waals surface area contributed by atoms with Gasteiger partial charge in [-0.05, 0) is 31.6 Å². The van der Waals surface area contributed by atoms with Gasteiger partial charge in [0.25, 0.3) is 0 Å². The van der Waals surface area contributed by atoms with E-state index in [4.69, 9.17) is 4.74 Å². The van der Waals surface area contributed by atoms with Crippen LogP contribution in [0.5, 0.6) is 0 Å². The quantitative estimate of drug-likeness (QED) is 0.764. The molecule has 2 rings (SSSR count). The van der Waals surface area contributed by atoms with E-state index in [2.05, 4.69) is 31.0 Å². The minimum absolute atomic E-state index is 0.0625. The molecule has 124 valence electrons. The number of nitrogens with zero attached hydrogens (tertiary/aromatic N) is 1. The molecule has 0 spiro atoms. The number of hydrogen-bond acceptors (Lipinski definition) is 3. The minimum Gasteiger partial charge on any atom is -0.371 e. The van der Waals surface area contributed by atoms with Crippen molar-refractivity contribution in [3.05, 3.63) is 0 Å². The standard InChI is InChI=1S/C15H27F3N2O/c1-11(2)13-8-20(6-7-21-10-15(16,17)18)14(3,9-19-13)12-4-5-12/h11-13,19H,4-10H2,1-3H3. The molecule has 1 N–H and O–H groups in total. The lowest BCUT2D eigenvalue weighted by Gasteiger charge is -2.49. The fraction of sp³-hybridized carbons (Fsp3) is 1.00. The third-order valence-corrected chi connectivity index (χ3v) is 4.89. The highest BCUT2D eigenvalue weighted by atomic mass is 19.4. The average Bonchev–Trinajstić information content (AvgIpc) is 3.19. The Morgan fingerprint density at radius 1 is 1.33 bits per heavy atom. The first-order chi connectivity index (χ1) is 9.72. The largest absolute Gasteiger partial charge is 0.411 e. The van der Waals surface area contributed by atoms with Crippen LogP contribution in [-0.2, 0) is 4.74 Å². The Labute approximate surface area is 125 Å². The van der Waals surface area contributed by atoms with Crippen molar-refractivity contribution in [2.75, 3.05) is 32.8 Å². The van der Waals surface area contributed by atoms with Crippen LogP contribution in [0, 0.1) is 11.8 Å². The van der Waals surface area contributed by atoms with E-state index in [-0.39, 0.29) is 12.1 Å². The smallest absolute Gasteiger partial charge is 0.371 e. The Hall–Kier alpha value is -0.330. The van der Waals surface area contributed by atoms with Gasteiger partial charge in [-0.1, -0.05) is 13.8 Å². The topological polar surface area (TPSA) is 24.5 Å². The van der Waals surface area contributed by atoms with Gasteiger partial charge in [0, 0.05) is 31.2 Å². The molecular weight excluding hydrogens is 281 g/mol. The van der Waals surface area contributed by atoms with Gasteiger partial charge in [0.15, 0.2) is 0 Å². The Kier molecular flexibility index (Phi) is 5.21. The molecular formula is C15H27F3N2O. The summed E-state index contributed by atoms with van der Waals surface area (Å²) in [5.41, 5.74) is 0.0625. The van der Waals surface area contributed by atoms with E-state index in [1.807, 2.05) is 0 Å². The minimum atomic E-state index is -4.23. The van der Waals surface area contributed by atoms with E-state index in [9.17, 15) is 13.2 Å². The van der Waals surface area contributed by atoms with Crippen molar-refractivity contribution in [2.45, 2.75) is 51.4 Å². The molecule has 1 aliphatic carbocycles. The van der Waals surface area contributed by atoms with E-state index >= 15 is 0 Å². The van der Waals surface area contributed by atoms with Crippen molar-refractivity contribution in [1.29, 1.82) is 0 Å². The third kappa shape index (κ3) is 4.57. The highest BCUT2D eigenvalue weighted by Gasteiger charge is 2.48. The van der Waals surface area contributed by atoms with Crippen molar-refractivity contribution in [2.24, 2.45) is 11.8 Å². The molecule has 6 heteroatoms. The number of rotatable bonds is 6. The molecule has 2 fully saturated rings. The first-order valence-corrected chi connectivity index (χ1v) is 7.85. The predicted octanol–water partition coefficient (Wildman–Crippen LogP) is 2.66. The van der Waals surface area contributed by atoms with Crippen LogP contribution in [0.25, 0.3) is 0 Å². The summed E-state index contributed by atoms with van der Waals surface area (Å²) < 4.78 is 41.2. The Bertz CT molecular complexity index is 344. The highest BCUT2D eigenvalue weighted by Crippen LogP contribution is 2.44. The monoisotopic (exact) mass is 308 g/mol. The second-order valence-electron chi connectivity index (χ2n) is 6.98. The molecule has 0 aromatic rings. The van der Waals surface area contributed by atoms with Crippen LogP contribution in [0.15, 0.2) is 0 Å². The fourth-order valence-corrected chi connectivity index (χ4v) is 3.22. The summed E-state index contributed by atoms with van der Waals surface area (Å²) >= 11 is 0. The van der Waals surface area contributed by atoms with Crippen molar-refractivity contribution in [3.63, 3.8) is 0 Å². The van der Waals surface area contributed by atoms with E-state index in [0.29, 0.717) is 24.4 Å². The summed E-state index contributed by atoms with van der Waals surface area (Å²) in [4.78, 5) is 2.35. The maximum atomic E-state index is 12.1. The summed E-state index contributed by atoms with van der Waals surface area (Å²) in [6.07, 6.45) is -1.78. The van der Waals surface area contributed by atoms with Gasteiger partial charge in [-0.3, -0.25) is 4.90 Å². The van der Waals surface area contributed by atoms with Crippen LogP contribution in [0.3, 0.4) is 0 Å². The lowest BCUT2D eigenvalue weighted by atomic mass is 9.87. The molecule has 1 saturated carbocycles. The van der Waals surface area contributed by atoms with Crippen LogP contribution in [-0.4, -0.2) is 55.5 Å². The molecule has 21 heavy (non-hydrogen) atoms. The van der Waals surface area contributed by atoms with Gasteiger partial charge in [0.2, 0.25) is 0 Å². The van der Waals surface area contributed by atoms with Gasteiger partial charge in [-0.15, -0.1) is 0 Å². The summed E-state index contributed by atoms with van der Waals surface area (Å²) in [6.45, 7) is 7.97. The van der Waals surface area contributed by atoms with E-state index in [1.54, 1.807) is 0 Å². The average molecular weight is 308 g/mol. The van der Waals surface area contributed by atoms with Crippen LogP contribution in [0.4, 0.5) is 13.2 Å². The molecule has 0 radical (unpaired) electrons. The number of piperazine rings is 1. The van der Waals surface area contributed by atoms with Crippen molar-refractivity contribution in [1.82, 2.24) is 10.2 Å². The first kappa shape index (κ1) is 17.0. The molecule has 1 heterocycles. The van der Waals surface area contributed by atoms with Crippen LogP contribution in [0.2, 0.25) is 0 Å². The summed E-state index contributed by atoms with van der Waals surface area (Å²) in [5, 5.41) is 3.61. The Morgan fingerprint density at radius 2 is 2.00 bits per heavy atom. The highest BCUT2D eigenvalue weighted by molar-refractivity contribution is 5.05. The van der Waals surface area contributed by atoms with Gasteiger partial charge in [0.05, 0.1) is 6.61 Å². The van der Waals surface area contributed by atoms with Gasteiger partial charge in [-0.25, -0.2) is 0 Å². The molecule has 0 bridgehead atoms. The predicted molar refractivity (Wildman–Crippen MR) is 76.2 cm³/mol. The summed E-state index contributed by atoms with van der Waals surface area (Å²) in [5.74, 6) is 1.19. The van der Waals surface area contributed by atoms with Crippen LogP contribution < -0.4 is 5.32 Å². The lowest BCUT2D eigenvalue weighted by Crippen LogP contribution is -2.65. The van der Waals surface area contributed by atoms with Crippen molar-refractivity contribution >= 4 is 0 Å². The van der Waals surface area contributed by atoms with Gasteiger partial charge in [-0.2, -0.15) is 13.2 Å². The SMILES string of the molecule is CC(C)C1CN(CCOCC(F)(F)F)C(C)(C2CC2)CN1. The zero-order valence-electron chi connectivity index (χ0n) is 13.2. The zero-order valence-corrected chi connectivity index (χ0v) is 13.2. The summed E-state index contributed by atoms with van der Waals surface area (Å²) in [7, 11) is 0. The molecule has 2 atom stereocenters. The number of alkyl halides is 3. The summed E-state index contributed by atoms with van der Waals surface area (Å²) in [6, 6.07) is 0.402. The van der Waals surface area contributed by atoms with Gasteiger partial charge >= 0.3 is 6.18 Å². The maximum Gasteiger partial charge on any atom is 0.411 e. The zero-order chi connectivity index (χ0) is 15.7. The van der Waals surface area contributed by atoms with E-state index < -0.39 is 12.8 Å². The first-order valence-electron chi connectivity index (χ1n) is 7.85. The maximum absolute atomic E-state index is 12.1. The second kappa shape index (κ2) is 6.42. The van der Waals surface area contributed by atoms with Gasteiger partial charge in [0.1, 0.15) is 6.61 Å². The number of nitrogens with one attached hydrogen (secondary N) is 1. The Balaban J connectivity index is 1.88. The van der Waals surface area contributed by atoms with Crippen molar-refractivity contribution < 1.29 is 17.9 Å². The normalized spacial score (nSPS) is 31.9. The molecule has 0 aromatic heterocycles. The third-order valence-electron chi connectivity index (χ3n) is 4.89. The van der Waals surface area contributed by atoms with Crippen LogP contribution >= 0.6 is 0 Å². The Morgan fingerprint density at radius 3 is 2.52 bits per heavy atom. The van der Waals surface area contributed by atoms with Crippen LogP contribution in [0.1, 0.15) is 33.6 Å². The fourth-order valence-electron chi connectivity index (χ4n) is 3.22.